The molecule has 0 unspecified atom stereocenters. The first-order chi connectivity index (χ1) is 31.1. The second-order valence-corrected chi connectivity index (χ2v) is 24.5. The molecule has 3 aromatic rings. The lowest BCUT2D eigenvalue weighted by molar-refractivity contribution is -0.297. The van der Waals surface area contributed by atoms with E-state index in [1.165, 1.54) is 0 Å². The molecule has 4 aliphatic rings. The van der Waals surface area contributed by atoms with Crippen LogP contribution in [-0.4, -0.2) is 119 Å². The fourth-order valence-electron chi connectivity index (χ4n) is 11.5. The Balaban J connectivity index is 1.13. The monoisotopic (exact) mass is 947 g/mol. The van der Waals surface area contributed by atoms with E-state index in [0.717, 1.165) is 20.3 Å². The van der Waals surface area contributed by atoms with Gasteiger partial charge in [-0.1, -0.05) is 0 Å². The first kappa shape index (κ1) is 51.6. The van der Waals surface area contributed by atoms with Gasteiger partial charge in [0.15, 0.2) is 0 Å². The molecule has 4 fully saturated rings. The van der Waals surface area contributed by atoms with Crippen LogP contribution >= 0.6 is 0 Å². The highest BCUT2D eigenvalue weighted by atomic mass is 16.5. The Morgan fingerprint density at radius 3 is 0.706 bits per heavy atom. The van der Waals surface area contributed by atoms with Crippen molar-refractivity contribution < 1.29 is 39.8 Å². The second kappa shape index (κ2) is 17.8. The van der Waals surface area contributed by atoms with Gasteiger partial charge in [-0.15, -0.1) is 51.0 Å². The Labute approximate surface area is 402 Å². The van der Waals surface area contributed by atoms with Crippen molar-refractivity contribution in [2.24, 2.45) is 0 Å². The molecule has 374 valence electrons. The average Bonchev–Trinajstić information content (AvgIpc) is 3.17. The molecular formula is C48H74N12O8. The standard InChI is InChI=1S/C48H74N12O8/c1-41(2)21-31(22-42(3,4)57(41)61)65-37-51-35(52-38(55-37)66-32-23-43(5,6)58(62)44(7,8)24-32)49-29-17-19-30(20-18-29)50-36-53-39(67-33-25-45(9,10)59(63)46(11,12)26-33)56-40(54-36)68-34-27-47(13,14)60(64)48(15,16)28-34/h17-20,31-34H,21-28H2,1-16H3,(H,49,51,52,55)(H,50,53,54,56). The number of piperidine rings is 4. The SMILES string of the molecule is CC1(C)CC(Oc2nc(Nc3ccc(Nc4nc(OC5CC(C)(C)N([O])C(C)(C)C5)nc(OC5CC(C)(C)N([O])C(C)(C)C5)n4)cc3)nc(OC3CC(C)(C)N([O])C(C)(C)C3)n2)CC(C)(C)N1[O]. The Bertz CT molecular complexity index is 1920. The van der Waals surface area contributed by atoms with E-state index >= 15 is 0 Å². The van der Waals surface area contributed by atoms with Gasteiger partial charge in [0.05, 0.1) is 0 Å². The normalized spacial score (nSPS) is 25.4. The van der Waals surface area contributed by atoms with Gasteiger partial charge < -0.3 is 29.6 Å². The summed E-state index contributed by atoms with van der Waals surface area (Å²) in [5.41, 5.74) is -4.18. The third kappa shape index (κ3) is 11.3. The van der Waals surface area contributed by atoms with Crippen LogP contribution in [0.15, 0.2) is 24.3 Å². The van der Waals surface area contributed by atoms with Gasteiger partial charge in [0.1, 0.15) is 24.4 Å². The fraction of sp³-hybridized carbons (Fsp3) is 0.750. The van der Waals surface area contributed by atoms with Gasteiger partial charge >= 0.3 is 24.0 Å². The third-order valence-electron chi connectivity index (χ3n) is 13.9. The molecule has 2 aromatic heterocycles. The van der Waals surface area contributed by atoms with E-state index in [4.69, 9.17) is 18.9 Å². The minimum atomic E-state index is -0.682. The lowest BCUT2D eigenvalue weighted by Crippen LogP contribution is -2.60. The van der Waals surface area contributed by atoms with Gasteiger partial charge in [0.2, 0.25) is 11.9 Å². The van der Waals surface area contributed by atoms with Crippen molar-refractivity contribution in [1.82, 2.24) is 50.2 Å². The number of aromatic nitrogens is 6. The lowest BCUT2D eigenvalue weighted by Gasteiger charge is -2.49. The van der Waals surface area contributed by atoms with Crippen molar-refractivity contribution in [2.75, 3.05) is 10.6 Å². The molecule has 4 radical (unpaired) electrons. The number of anilines is 4. The Morgan fingerprint density at radius 2 is 0.529 bits per heavy atom. The minimum absolute atomic E-state index is 0.0498. The zero-order valence-corrected chi connectivity index (χ0v) is 43.0. The molecule has 4 saturated heterocycles. The van der Waals surface area contributed by atoms with Gasteiger partial charge in [-0.3, -0.25) is 0 Å². The highest BCUT2D eigenvalue weighted by Gasteiger charge is 2.51. The number of hydroxylamine groups is 8. The lowest BCUT2D eigenvalue weighted by atomic mass is 9.80. The van der Waals surface area contributed by atoms with Gasteiger partial charge in [0, 0.05) is 107 Å². The molecule has 20 nitrogen and oxygen atoms in total. The molecule has 0 aliphatic carbocycles. The molecule has 1 aromatic carbocycles. The quantitative estimate of drug-likeness (QED) is 0.173. The fourth-order valence-corrected chi connectivity index (χ4v) is 11.5. The zero-order valence-electron chi connectivity index (χ0n) is 43.0. The van der Waals surface area contributed by atoms with Crippen LogP contribution in [0.1, 0.15) is 162 Å². The van der Waals surface area contributed by atoms with Crippen LogP contribution in [-0.2, 0) is 20.8 Å². The van der Waals surface area contributed by atoms with Crippen LogP contribution in [0, 0.1) is 0 Å². The topological polar surface area (TPSA) is 231 Å². The molecule has 4 aliphatic heterocycles. The molecule has 0 amide bonds. The van der Waals surface area contributed by atoms with Crippen LogP contribution in [0.5, 0.6) is 24.0 Å². The minimum Gasteiger partial charge on any atom is -0.460 e. The number of nitrogens with zero attached hydrogens (tertiary/aromatic N) is 10. The molecule has 20 heteroatoms. The van der Waals surface area contributed by atoms with E-state index in [1.54, 1.807) is 0 Å². The van der Waals surface area contributed by atoms with Crippen LogP contribution in [0.3, 0.4) is 0 Å². The van der Waals surface area contributed by atoms with Crippen molar-refractivity contribution in [3.8, 4) is 24.0 Å². The van der Waals surface area contributed by atoms with Gasteiger partial charge in [0.25, 0.3) is 0 Å². The summed E-state index contributed by atoms with van der Waals surface area (Å²) in [5, 5.41) is 63.7. The number of ether oxygens (including phenoxy) is 4. The largest absolute Gasteiger partial charge is 0.460 e. The zero-order chi connectivity index (χ0) is 50.2. The van der Waals surface area contributed by atoms with Crippen molar-refractivity contribution in [2.45, 2.75) is 231 Å². The highest BCUT2D eigenvalue weighted by Crippen LogP contribution is 2.43. The maximum atomic E-state index is 13.1. The molecule has 68 heavy (non-hydrogen) atoms. The number of hydrogen-bond donors (Lipinski definition) is 2. The second-order valence-electron chi connectivity index (χ2n) is 24.5. The summed E-state index contributed by atoms with van der Waals surface area (Å²) in [5.74, 6) is 0.351. The predicted octanol–water partition coefficient (Wildman–Crippen LogP) is 8.53. The van der Waals surface area contributed by atoms with Gasteiger partial charge in [-0.2, -0.15) is 19.9 Å². The van der Waals surface area contributed by atoms with E-state index in [2.05, 4.69) is 40.5 Å². The van der Waals surface area contributed by atoms with Gasteiger partial charge in [-0.05, 0) is 135 Å². The van der Waals surface area contributed by atoms with Crippen LogP contribution < -0.4 is 29.6 Å². The molecule has 0 spiro atoms. The average molecular weight is 947 g/mol. The van der Waals surface area contributed by atoms with Crippen LogP contribution in [0.2, 0.25) is 0 Å². The van der Waals surface area contributed by atoms with Crippen LogP contribution in [0.25, 0.3) is 0 Å². The van der Waals surface area contributed by atoms with E-state index in [9.17, 15) is 20.8 Å². The van der Waals surface area contributed by atoms with Crippen LogP contribution in [0.4, 0.5) is 23.3 Å². The molecule has 0 atom stereocenters. The van der Waals surface area contributed by atoms with Gasteiger partial charge in [-0.25, -0.2) is 0 Å². The Morgan fingerprint density at radius 1 is 0.353 bits per heavy atom. The number of hydrogen-bond acceptors (Lipinski definition) is 16. The van der Waals surface area contributed by atoms with E-state index in [1.807, 2.05) is 135 Å². The van der Waals surface area contributed by atoms with Crippen molar-refractivity contribution in [1.29, 1.82) is 0 Å². The first-order valence-electron chi connectivity index (χ1n) is 23.9. The van der Waals surface area contributed by atoms with E-state index < -0.39 is 44.3 Å². The predicted molar refractivity (Wildman–Crippen MR) is 250 cm³/mol. The smallest absolute Gasteiger partial charge is 0.324 e. The summed E-state index contributed by atoms with van der Waals surface area (Å²) in [6, 6.07) is 7.51. The summed E-state index contributed by atoms with van der Waals surface area (Å²) in [6.07, 6.45) is 2.23. The molecule has 6 heterocycles. The maximum Gasteiger partial charge on any atom is 0.324 e. The molecule has 7 rings (SSSR count). The molecule has 2 N–H and O–H groups in total. The summed E-state index contributed by atoms with van der Waals surface area (Å²) in [7, 11) is 0. The number of rotatable bonds is 12. The summed E-state index contributed by atoms with van der Waals surface area (Å²) in [6.45, 7) is 30.5. The van der Waals surface area contributed by atoms with E-state index in [-0.39, 0.29) is 60.4 Å². The Hall–Kier alpha value is -4.28. The first-order valence-corrected chi connectivity index (χ1v) is 23.9. The maximum absolute atomic E-state index is 13.1. The van der Waals surface area contributed by atoms with Crippen molar-refractivity contribution >= 4 is 23.3 Å². The number of nitrogens with one attached hydrogen (secondary N) is 2. The summed E-state index contributed by atoms with van der Waals surface area (Å²) in [4.78, 5) is 27.8. The van der Waals surface area contributed by atoms with Crippen molar-refractivity contribution in [3.63, 3.8) is 0 Å². The van der Waals surface area contributed by atoms with E-state index in [0.29, 0.717) is 62.7 Å². The summed E-state index contributed by atoms with van der Waals surface area (Å²) >= 11 is 0. The molecule has 0 bridgehead atoms. The summed E-state index contributed by atoms with van der Waals surface area (Å²) < 4.78 is 25.8. The highest BCUT2D eigenvalue weighted by molar-refractivity contribution is 5.61. The Kier molecular flexibility index (Phi) is 13.5. The third-order valence-corrected chi connectivity index (χ3v) is 13.9. The molecular weight excluding hydrogens is 873 g/mol. The molecule has 0 saturated carbocycles. The number of benzene rings is 1. The van der Waals surface area contributed by atoms with Crippen molar-refractivity contribution in [3.05, 3.63) is 24.3 Å².